The van der Waals surface area contributed by atoms with Crippen molar-refractivity contribution in [3.05, 3.63) is 126 Å². The number of methoxy groups -OCH3 is 2. The Bertz CT molecular complexity index is 1970. The summed E-state index contributed by atoms with van der Waals surface area (Å²) in [5.41, 5.74) is 4.89. The molecule has 226 valence electrons. The van der Waals surface area contributed by atoms with Gasteiger partial charge in [-0.05, 0) is 73.2 Å². The third-order valence-corrected chi connectivity index (χ3v) is 8.98. The predicted molar refractivity (Wildman–Crippen MR) is 183 cm³/mol. The smallest absolute Gasteiger partial charge is 0.263 e. The molecule has 0 spiro atoms. The lowest BCUT2D eigenvalue weighted by molar-refractivity contribution is -0.115. The van der Waals surface area contributed by atoms with E-state index in [4.69, 9.17) is 9.47 Å². The molecule has 7 nitrogen and oxygen atoms in total. The summed E-state index contributed by atoms with van der Waals surface area (Å²) >= 11 is 1.45. The lowest BCUT2D eigenvalue weighted by Gasteiger charge is -2.18. The normalized spacial score (nSPS) is 11.7. The Kier molecular flexibility index (Phi) is 8.75. The highest BCUT2D eigenvalue weighted by Crippen LogP contribution is 2.38. The molecule has 1 unspecified atom stereocenters. The predicted octanol–water partition coefficient (Wildman–Crippen LogP) is 8.56. The Hall–Kier alpha value is -5.21. The maximum absolute atomic E-state index is 13.9. The van der Waals surface area contributed by atoms with Crippen LogP contribution in [0, 0.1) is 0 Å². The first kappa shape index (κ1) is 29.8. The van der Waals surface area contributed by atoms with Crippen LogP contribution < -0.4 is 20.1 Å². The molecule has 8 heteroatoms. The quantitative estimate of drug-likeness (QED) is 0.151. The van der Waals surface area contributed by atoms with Gasteiger partial charge in [0.15, 0.2) is 0 Å². The number of carbonyl (C=O) groups is 2. The van der Waals surface area contributed by atoms with Crippen molar-refractivity contribution in [2.75, 3.05) is 24.9 Å². The number of aryl methyl sites for hydroxylation is 1. The maximum Gasteiger partial charge on any atom is 0.263 e. The number of benzene rings is 5. The second kappa shape index (κ2) is 13.2. The number of ether oxygens (including phenoxy) is 2. The van der Waals surface area contributed by atoms with E-state index in [2.05, 4.69) is 52.5 Å². The molecule has 0 bridgehead atoms. The molecule has 6 aromatic rings. The fourth-order valence-corrected chi connectivity index (χ4v) is 6.63. The summed E-state index contributed by atoms with van der Waals surface area (Å²) in [5, 5.41) is 7.86. The third kappa shape index (κ3) is 6.10. The van der Waals surface area contributed by atoms with Gasteiger partial charge in [0.05, 0.1) is 14.2 Å². The van der Waals surface area contributed by atoms with E-state index >= 15 is 0 Å². The minimum absolute atomic E-state index is 0.120. The van der Waals surface area contributed by atoms with Crippen LogP contribution >= 0.6 is 11.8 Å². The van der Waals surface area contributed by atoms with E-state index < -0.39 is 5.25 Å². The molecule has 6 rings (SSSR count). The van der Waals surface area contributed by atoms with Crippen molar-refractivity contribution in [2.45, 2.75) is 23.6 Å². The summed E-state index contributed by atoms with van der Waals surface area (Å²) in [7, 11) is 3.03. The van der Waals surface area contributed by atoms with Crippen LogP contribution in [0.3, 0.4) is 0 Å². The number of para-hydroxylation sites is 1. The molecule has 0 fully saturated rings. The number of fused-ring (bicyclic) bond motifs is 3. The second-order valence-electron chi connectivity index (χ2n) is 10.4. The van der Waals surface area contributed by atoms with Gasteiger partial charge in [-0.3, -0.25) is 9.59 Å². The number of carbonyl (C=O) groups excluding carboxylic acids is 2. The van der Waals surface area contributed by atoms with Crippen LogP contribution in [0.15, 0.2) is 120 Å². The molecule has 0 aliphatic heterocycles. The largest absolute Gasteiger partial charge is 0.496 e. The van der Waals surface area contributed by atoms with Crippen molar-refractivity contribution >= 4 is 56.8 Å². The number of hydrogen-bond donors (Lipinski definition) is 2. The zero-order chi connectivity index (χ0) is 31.3. The van der Waals surface area contributed by atoms with E-state index in [1.54, 1.807) is 18.2 Å². The fraction of sp³-hybridized carbons (Fsp3) is 0.135. The van der Waals surface area contributed by atoms with Gasteiger partial charge in [0, 0.05) is 44.6 Å². The molecule has 1 atom stereocenters. The standard InChI is InChI=1S/C37H33N3O4S/c1-4-40-30-14-9-8-13-28(30)29-23-26(19-22-31(29)40)39-37(42)35(24-11-6-5-7-12-24)45-27-20-17-25(18-21-27)38-36(41)34-32(43-2)15-10-16-33(34)44-3/h5-23,35H,4H2,1-3H3,(H,38,41)(H,39,42). The average molecular weight is 616 g/mol. The van der Waals surface area contributed by atoms with Gasteiger partial charge in [-0.2, -0.15) is 0 Å². The number of nitrogens with one attached hydrogen (secondary N) is 2. The highest BCUT2D eigenvalue weighted by molar-refractivity contribution is 8.00. The molecule has 2 amide bonds. The molecule has 1 aromatic heterocycles. The average Bonchev–Trinajstić information content (AvgIpc) is 3.40. The first-order valence-electron chi connectivity index (χ1n) is 14.7. The lowest BCUT2D eigenvalue weighted by atomic mass is 10.1. The second-order valence-corrected chi connectivity index (χ2v) is 11.6. The van der Waals surface area contributed by atoms with Crippen molar-refractivity contribution in [3.8, 4) is 11.5 Å². The van der Waals surface area contributed by atoms with E-state index in [0.29, 0.717) is 22.7 Å². The monoisotopic (exact) mass is 615 g/mol. The summed E-state index contributed by atoms with van der Waals surface area (Å²) in [5.74, 6) is 0.382. The third-order valence-electron chi connectivity index (χ3n) is 7.72. The SMILES string of the molecule is CCn1c2ccccc2c2cc(NC(=O)C(Sc3ccc(NC(=O)c4c(OC)cccc4OC)cc3)c3ccccc3)ccc21. The van der Waals surface area contributed by atoms with Crippen molar-refractivity contribution in [1.82, 2.24) is 4.57 Å². The summed E-state index contributed by atoms with van der Waals surface area (Å²) in [6, 6.07) is 36.8. The van der Waals surface area contributed by atoms with Crippen LogP contribution in [0.2, 0.25) is 0 Å². The van der Waals surface area contributed by atoms with Gasteiger partial charge in [-0.25, -0.2) is 0 Å². The van der Waals surface area contributed by atoms with Gasteiger partial charge in [-0.15, -0.1) is 11.8 Å². The van der Waals surface area contributed by atoms with Gasteiger partial charge < -0.3 is 24.7 Å². The Morgan fingerprint density at radius 2 is 1.36 bits per heavy atom. The zero-order valence-corrected chi connectivity index (χ0v) is 26.1. The topological polar surface area (TPSA) is 81.6 Å². The molecule has 5 aromatic carbocycles. The number of thioether (sulfide) groups is 1. The van der Waals surface area contributed by atoms with E-state index in [1.807, 2.05) is 66.7 Å². The summed E-state index contributed by atoms with van der Waals surface area (Å²) in [4.78, 5) is 27.9. The van der Waals surface area contributed by atoms with Gasteiger partial charge in [-0.1, -0.05) is 54.6 Å². The number of rotatable bonds is 10. The summed E-state index contributed by atoms with van der Waals surface area (Å²) in [6.07, 6.45) is 0. The number of hydrogen-bond acceptors (Lipinski definition) is 5. The first-order chi connectivity index (χ1) is 22.0. The molecule has 0 aliphatic carbocycles. The number of amides is 2. The minimum atomic E-state index is -0.503. The molecule has 0 saturated carbocycles. The fourth-order valence-electron chi connectivity index (χ4n) is 5.60. The number of anilines is 2. The van der Waals surface area contributed by atoms with Crippen LogP contribution in [0.4, 0.5) is 11.4 Å². The summed E-state index contributed by atoms with van der Waals surface area (Å²) < 4.78 is 13.0. The highest BCUT2D eigenvalue weighted by Gasteiger charge is 2.23. The Morgan fingerprint density at radius 3 is 2.04 bits per heavy atom. The van der Waals surface area contributed by atoms with Gasteiger partial charge >= 0.3 is 0 Å². The zero-order valence-electron chi connectivity index (χ0n) is 25.2. The van der Waals surface area contributed by atoms with E-state index in [1.165, 1.54) is 31.5 Å². The molecule has 0 saturated heterocycles. The van der Waals surface area contributed by atoms with Crippen molar-refractivity contribution in [2.24, 2.45) is 0 Å². The van der Waals surface area contributed by atoms with Crippen molar-refractivity contribution in [3.63, 3.8) is 0 Å². The molecule has 0 radical (unpaired) electrons. The molecule has 1 heterocycles. The van der Waals surface area contributed by atoms with E-state index in [9.17, 15) is 9.59 Å². The van der Waals surface area contributed by atoms with Gasteiger partial charge in [0.25, 0.3) is 5.91 Å². The summed E-state index contributed by atoms with van der Waals surface area (Å²) in [6.45, 7) is 3.00. The van der Waals surface area contributed by atoms with E-state index in [0.717, 1.165) is 39.0 Å². The van der Waals surface area contributed by atoms with Crippen molar-refractivity contribution in [1.29, 1.82) is 0 Å². The van der Waals surface area contributed by atoms with Crippen LogP contribution in [0.1, 0.15) is 28.1 Å². The van der Waals surface area contributed by atoms with Crippen molar-refractivity contribution < 1.29 is 19.1 Å². The van der Waals surface area contributed by atoms with Gasteiger partial charge in [0.2, 0.25) is 5.91 Å². The molecule has 0 aliphatic rings. The Labute approximate surface area is 266 Å². The molecule has 45 heavy (non-hydrogen) atoms. The molecule has 2 N–H and O–H groups in total. The number of nitrogens with zero attached hydrogens (tertiary/aromatic N) is 1. The van der Waals surface area contributed by atoms with Crippen LogP contribution in [-0.2, 0) is 11.3 Å². The van der Waals surface area contributed by atoms with Gasteiger partial charge in [0.1, 0.15) is 22.3 Å². The van der Waals surface area contributed by atoms with Crippen LogP contribution in [0.25, 0.3) is 21.8 Å². The maximum atomic E-state index is 13.9. The Morgan fingerprint density at radius 1 is 0.711 bits per heavy atom. The minimum Gasteiger partial charge on any atom is -0.496 e. The Balaban J connectivity index is 1.23. The number of aromatic nitrogens is 1. The molecular weight excluding hydrogens is 582 g/mol. The van der Waals surface area contributed by atoms with Crippen LogP contribution in [0.5, 0.6) is 11.5 Å². The van der Waals surface area contributed by atoms with Crippen LogP contribution in [-0.4, -0.2) is 30.6 Å². The molecular formula is C37H33N3O4S. The lowest BCUT2D eigenvalue weighted by Crippen LogP contribution is -2.19. The van der Waals surface area contributed by atoms with E-state index in [-0.39, 0.29) is 11.8 Å². The highest BCUT2D eigenvalue weighted by atomic mass is 32.2. The first-order valence-corrected chi connectivity index (χ1v) is 15.5.